The minimum absolute atomic E-state index is 0.0148. The van der Waals surface area contributed by atoms with Crippen molar-refractivity contribution in [1.29, 1.82) is 0 Å². The predicted molar refractivity (Wildman–Crippen MR) is 109 cm³/mol. The van der Waals surface area contributed by atoms with Crippen LogP contribution in [-0.4, -0.2) is 58.4 Å². The van der Waals surface area contributed by atoms with E-state index in [1.807, 2.05) is 12.1 Å². The van der Waals surface area contributed by atoms with Crippen molar-refractivity contribution in [1.82, 2.24) is 5.32 Å². The molecule has 1 aromatic rings. The largest absolute Gasteiger partial charge is 0.466 e. The summed E-state index contributed by atoms with van der Waals surface area (Å²) >= 11 is 0. The SMILES string of the molecule is COC(=O)C1=C[C@]23CCN[C@](C(=O)OC)([C@@H]2CC1)N(C(=O)OC)c1c3ccc2c1OCO2. The molecular weight excluding hydrogens is 420 g/mol. The number of nitrogens with zero attached hydrogens (tertiary/aromatic N) is 1. The maximum Gasteiger partial charge on any atom is 0.416 e. The summed E-state index contributed by atoms with van der Waals surface area (Å²) in [6.45, 7) is 0.386. The summed E-state index contributed by atoms with van der Waals surface area (Å²) in [6.07, 6.45) is 2.62. The Hall–Kier alpha value is -3.27. The van der Waals surface area contributed by atoms with Crippen molar-refractivity contribution in [3.05, 3.63) is 29.3 Å². The Morgan fingerprint density at radius 2 is 1.94 bits per heavy atom. The highest BCUT2D eigenvalue weighted by molar-refractivity contribution is 6.04. The number of amides is 1. The van der Waals surface area contributed by atoms with Gasteiger partial charge in [0, 0.05) is 16.9 Å². The molecule has 1 aromatic carbocycles. The maximum absolute atomic E-state index is 13.4. The standard InChI is InChI=1S/C22H24N2O8/c1-28-18(25)12-4-7-15-21(10-12)8-9-23-22(15,19(26)29-2)24(20(27)30-3)16-13(21)5-6-14-17(16)32-11-31-14/h5-6,10,15,23H,4,7-9,11H2,1-3H3/t15-,21+,22-/m1/s1. The molecule has 2 bridgehead atoms. The molecule has 1 amide bonds. The van der Waals surface area contributed by atoms with Crippen LogP contribution in [0.3, 0.4) is 0 Å². The maximum atomic E-state index is 13.4. The molecule has 0 saturated carbocycles. The second-order valence-corrected chi connectivity index (χ2v) is 8.23. The van der Waals surface area contributed by atoms with Crippen molar-refractivity contribution in [2.24, 2.45) is 5.92 Å². The Morgan fingerprint density at radius 1 is 1.12 bits per heavy atom. The van der Waals surface area contributed by atoms with Gasteiger partial charge in [-0.25, -0.2) is 19.3 Å². The van der Waals surface area contributed by atoms with Crippen LogP contribution in [0.15, 0.2) is 23.8 Å². The summed E-state index contributed by atoms with van der Waals surface area (Å²) in [6, 6.07) is 3.66. The highest BCUT2D eigenvalue weighted by Gasteiger charge is 2.68. The molecule has 4 aliphatic rings. The molecule has 0 unspecified atom stereocenters. The number of carbonyl (C=O) groups is 3. The van der Waals surface area contributed by atoms with Crippen LogP contribution in [-0.2, 0) is 29.2 Å². The van der Waals surface area contributed by atoms with Crippen LogP contribution in [0.4, 0.5) is 10.5 Å². The lowest BCUT2D eigenvalue weighted by Gasteiger charge is -2.61. The first-order valence-corrected chi connectivity index (χ1v) is 10.4. The van der Waals surface area contributed by atoms with Gasteiger partial charge in [0.2, 0.25) is 12.5 Å². The van der Waals surface area contributed by atoms with E-state index in [0.717, 1.165) is 5.56 Å². The lowest BCUT2D eigenvalue weighted by atomic mass is 9.54. The van der Waals surface area contributed by atoms with Crippen LogP contribution in [0.5, 0.6) is 11.5 Å². The fraction of sp³-hybridized carbons (Fsp3) is 0.500. The van der Waals surface area contributed by atoms with Crippen molar-refractivity contribution >= 4 is 23.7 Å². The van der Waals surface area contributed by atoms with Crippen molar-refractivity contribution < 1.29 is 38.1 Å². The van der Waals surface area contributed by atoms with Crippen LogP contribution in [0.25, 0.3) is 0 Å². The lowest BCUT2D eigenvalue weighted by molar-refractivity contribution is -0.155. The average Bonchev–Trinajstić information content (AvgIpc) is 3.31. The number of allylic oxidation sites excluding steroid dienone is 1. The summed E-state index contributed by atoms with van der Waals surface area (Å²) in [4.78, 5) is 40.4. The third-order valence-electron chi connectivity index (χ3n) is 7.09. The van der Waals surface area contributed by atoms with Gasteiger partial charge in [-0.05, 0) is 37.4 Å². The number of anilines is 1. The van der Waals surface area contributed by atoms with E-state index in [4.69, 9.17) is 23.7 Å². The number of esters is 2. The molecule has 3 heterocycles. The molecule has 170 valence electrons. The number of ether oxygens (including phenoxy) is 5. The molecule has 10 heteroatoms. The molecule has 32 heavy (non-hydrogen) atoms. The van der Waals surface area contributed by atoms with Crippen LogP contribution >= 0.6 is 0 Å². The van der Waals surface area contributed by atoms with Gasteiger partial charge in [0.25, 0.3) is 0 Å². The van der Waals surface area contributed by atoms with Crippen LogP contribution < -0.4 is 19.7 Å². The number of carbonyl (C=O) groups excluding carboxylic acids is 3. The molecule has 1 N–H and O–H groups in total. The van der Waals surface area contributed by atoms with E-state index in [1.54, 1.807) is 6.07 Å². The Morgan fingerprint density at radius 3 is 2.66 bits per heavy atom. The van der Waals surface area contributed by atoms with Gasteiger partial charge in [0.1, 0.15) is 0 Å². The van der Waals surface area contributed by atoms with Gasteiger partial charge in [0.15, 0.2) is 11.5 Å². The van der Waals surface area contributed by atoms with Gasteiger partial charge < -0.3 is 23.7 Å². The molecular formula is C22H24N2O8. The first-order valence-electron chi connectivity index (χ1n) is 10.4. The molecule has 10 nitrogen and oxygen atoms in total. The summed E-state index contributed by atoms with van der Waals surface area (Å²) in [7, 11) is 3.89. The Labute approximate surface area is 184 Å². The minimum Gasteiger partial charge on any atom is -0.466 e. The van der Waals surface area contributed by atoms with Gasteiger partial charge in [0.05, 0.1) is 27.0 Å². The Kier molecular flexibility index (Phi) is 4.59. The number of nitrogens with one attached hydrogen (secondary N) is 1. The van der Waals surface area contributed by atoms with Gasteiger partial charge >= 0.3 is 18.0 Å². The summed E-state index contributed by atoms with van der Waals surface area (Å²) < 4.78 is 26.7. The van der Waals surface area contributed by atoms with Crippen molar-refractivity contribution in [2.45, 2.75) is 30.3 Å². The predicted octanol–water partition coefficient (Wildman–Crippen LogP) is 1.61. The van der Waals surface area contributed by atoms with Crippen molar-refractivity contribution in [3.63, 3.8) is 0 Å². The molecule has 1 aliphatic carbocycles. The zero-order valence-electron chi connectivity index (χ0n) is 18.1. The number of piperidine rings is 1. The summed E-state index contributed by atoms with van der Waals surface area (Å²) in [5.74, 6) is -0.636. The number of methoxy groups -OCH3 is 3. The number of hydrogen-bond donors (Lipinski definition) is 1. The van der Waals surface area contributed by atoms with E-state index < -0.39 is 35.0 Å². The first kappa shape index (κ1) is 20.6. The van der Waals surface area contributed by atoms with Crippen LogP contribution in [0.1, 0.15) is 24.8 Å². The molecule has 3 aliphatic heterocycles. The molecule has 0 spiro atoms. The number of hydrogen-bond acceptors (Lipinski definition) is 9. The zero-order valence-corrected chi connectivity index (χ0v) is 18.1. The molecule has 3 atom stereocenters. The van der Waals surface area contributed by atoms with Crippen LogP contribution in [0.2, 0.25) is 0 Å². The smallest absolute Gasteiger partial charge is 0.416 e. The van der Waals surface area contributed by atoms with E-state index in [-0.39, 0.29) is 6.79 Å². The van der Waals surface area contributed by atoms with Crippen molar-refractivity contribution in [2.75, 3.05) is 39.6 Å². The average molecular weight is 444 g/mol. The van der Waals surface area contributed by atoms with Crippen LogP contribution in [0, 0.1) is 5.92 Å². The molecule has 0 aromatic heterocycles. The van der Waals surface area contributed by atoms with Gasteiger partial charge in [-0.3, -0.25) is 5.32 Å². The van der Waals surface area contributed by atoms with E-state index in [2.05, 4.69) is 5.32 Å². The number of rotatable bonds is 2. The van der Waals surface area contributed by atoms with Gasteiger partial charge in [-0.15, -0.1) is 0 Å². The van der Waals surface area contributed by atoms with E-state index >= 15 is 0 Å². The van der Waals surface area contributed by atoms with Crippen molar-refractivity contribution in [3.8, 4) is 11.5 Å². The number of fused-ring (bicyclic) bond motifs is 3. The highest BCUT2D eigenvalue weighted by atomic mass is 16.7. The van der Waals surface area contributed by atoms with Gasteiger partial charge in [-0.2, -0.15) is 0 Å². The summed E-state index contributed by atoms with van der Waals surface area (Å²) in [5.41, 5.74) is -0.601. The Balaban J connectivity index is 1.87. The fourth-order valence-corrected chi connectivity index (χ4v) is 5.90. The molecule has 1 saturated heterocycles. The topological polar surface area (TPSA) is 113 Å². The number of benzene rings is 1. The van der Waals surface area contributed by atoms with Gasteiger partial charge in [-0.1, -0.05) is 12.1 Å². The third kappa shape index (κ3) is 2.41. The van der Waals surface area contributed by atoms with E-state index in [1.165, 1.54) is 26.2 Å². The lowest BCUT2D eigenvalue weighted by Crippen LogP contribution is -2.78. The summed E-state index contributed by atoms with van der Waals surface area (Å²) in [5, 5.41) is 3.27. The fourth-order valence-electron chi connectivity index (χ4n) is 5.90. The Bertz CT molecular complexity index is 1050. The first-order chi connectivity index (χ1) is 15.4. The van der Waals surface area contributed by atoms with E-state index in [0.29, 0.717) is 48.6 Å². The minimum atomic E-state index is -1.55. The quantitative estimate of drug-likeness (QED) is 0.537. The third-order valence-corrected chi connectivity index (χ3v) is 7.09. The molecule has 1 fully saturated rings. The van der Waals surface area contributed by atoms with E-state index in [9.17, 15) is 14.4 Å². The second-order valence-electron chi connectivity index (χ2n) is 8.23. The zero-order chi connectivity index (χ0) is 22.7. The normalized spacial score (nSPS) is 29.3. The second kappa shape index (κ2) is 7.13. The molecule has 5 rings (SSSR count). The highest BCUT2D eigenvalue weighted by Crippen LogP contribution is 2.62. The molecule has 0 radical (unpaired) electrons. The monoisotopic (exact) mass is 444 g/mol.